The molecule has 0 unspecified atom stereocenters. The highest BCUT2D eigenvalue weighted by Gasteiger charge is 2.25. The van der Waals surface area contributed by atoms with Gasteiger partial charge in [0.2, 0.25) is 11.8 Å². The van der Waals surface area contributed by atoms with E-state index < -0.39 is 0 Å². The van der Waals surface area contributed by atoms with Gasteiger partial charge in [0.15, 0.2) is 0 Å². The minimum absolute atomic E-state index is 0.173. The Morgan fingerprint density at radius 1 is 1.21 bits per heavy atom. The first-order valence-corrected chi connectivity index (χ1v) is 7.69. The van der Waals surface area contributed by atoms with E-state index >= 15 is 0 Å². The van der Waals surface area contributed by atoms with Crippen molar-refractivity contribution in [1.82, 2.24) is 19.9 Å². The zero-order valence-corrected chi connectivity index (χ0v) is 13.7. The molecule has 0 aliphatic carbocycles. The van der Waals surface area contributed by atoms with Crippen LogP contribution in [0.2, 0.25) is 0 Å². The molecule has 3 rings (SSSR count). The van der Waals surface area contributed by atoms with E-state index in [2.05, 4.69) is 15.0 Å². The monoisotopic (exact) mass is 329 g/mol. The first-order valence-electron chi connectivity index (χ1n) is 7.69. The van der Waals surface area contributed by atoms with Gasteiger partial charge in [-0.05, 0) is 19.1 Å². The Morgan fingerprint density at radius 3 is 2.62 bits per heavy atom. The maximum absolute atomic E-state index is 12.5. The van der Waals surface area contributed by atoms with Crippen molar-refractivity contribution in [1.29, 1.82) is 0 Å². The average Bonchev–Trinajstić information content (AvgIpc) is 2.61. The fourth-order valence-electron chi connectivity index (χ4n) is 2.62. The van der Waals surface area contributed by atoms with Gasteiger partial charge >= 0.3 is 0 Å². The van der Waals surface area contributed by atoms with E-state index in [0.717, 1.165) is 5.69 Å². The van der Waals surface area contributed by atoms with Crippen LogP contribution in [0.3, 0.4) is 0 Å². The fraction of sp³-hybridized carbons (Fsp3) is 0.375. The minimum atomic E-state index is -0.349. The summed E-state index contributed by atoms with van der Waals surface area (Å²) in [6.07, 6.45) is 1.64. The molecule has 0 bridgehead atoms. The second kappa shape index (κ2) is 6.69. The number of aromatic amines is 1. The summed E-state index contributed by atoms with van der Waals surface area (Å²) < 4.78 is 5.11. The largest absolute Gasteiger partial charge is 0.481 e. The van der Waals surface area contributed by atoms with Gasteiger partial charge in [-0.15, -0.1) is 0 Å². The van der Waals surface area contributed by atoms with Crippen LogP contribution < -0.4 is 15.2 Å². The lowest BCUT2D eigenvalue weighted by molar-refractivity contribution is 0.0744. The number of amides is 1. The molecule has 24 heavy (non-hydrogen) atoms. The number of carbonyl (C=O) groups excluding carboxylic acids is 1. The second-order valence-corrected chi connectivity index (χ2v) is 5.56. The number of anilines is 1. The summed E-state index contributed by atoms with van der Waals surface area (Å²) in [7, 11) is 1.56. The Kier molecular flexibility index (Phi) is 4.45. The van der Waals surface area contributed by atoms with E-state index in [-0.39, 0.29) is 17.0 Å². The van der Waals surface area contributed by atoms with Crippen LogP contribution in [0.25, 0.3) is 0 Å². The maximum atomic E-state index is 12.5. The number of methoxy groups -OCH3 is 1. The molecule has 2 aromatic rings. The Balaban J connectivity index is 1.68. The number of ether oxygens (including phenoxy) is 1. The molecule has 0 saturated carbocycles. The molecule has 0 radical (unpaired) electrons. The predicted molar refractivity (Wildman–Crippen MR) is 88.5 cm³/mol. The highest BCUT2D eigenvalue weighted by Crippen LogP contribution is 2.15. The average molecular weight is 329 g/mol. The Morgan fingerprint density at radius 2 is 1.96 bits per heavy atom. The van der Waals surface area contributed by atoms with Crippen LogP contribution in [-0.4, -0.2) is 59.0 Å². The number of aryl methyl sites for hydroxylation is 1. The van der Waals surface area contributed by atoms with E-state index in [9.17, 15) is 9.59 Å². The van der Waals surface area contributed by atoms with Crippen LogP contribution in [0.4, 0.5) is 5.95 Å². The van der Waals surface area contributed by atoms with Crippen molar-refractivity contribution in [3.05, 3.63) is 46.0 Å². The van der Waals surface area contributed by atoms with E-state index in [1.54, 1.807) is 43.3 Å². The minimum Gasteiger partial charge on any atom is -0.481 e. The van der Waals surface area contributed by atoms with E-state index in [1.165, 1.54) is 0 Å². The number of H-pyrrole nitrogens is 1. The number of pyridine rings is 1. The molecule has 0 atom stereocenters. The number of hydrogen-bond donors (Lipinski definition) is 1. The molecule has 1 aliphatic heterocycles. The molecule has 2 aromatic heterocycles. The molecule has 1 fully saturated rings. The van der Waals surface area contributed by atoms with Crippen molar-refractivity contribution in [2.75, 3.05) is 38.2 Å². The molecule has 8 heteroatoms. The summed E-state index contributed by atoms with van der Waals surface area (Å²) in [6.45, 7) is 3.99. The van der Waals surface area contributed by atoms with Crippen LogP contribution in [-0.2, 0) is 0 Å². The quantitative estimate of drug-likeness (QED) is 0.879. The normalized spacial score (nSPS) is 14.6. The summed E-state index contributed by atoms with van der Waals surface area (Å²) in [6, 6.07) is 5.00. The predicted octanol–water partition coefficient (Wildman–Crippen LogP) is 0.444. The molecule has 126 valence electrons. The third-order valence-electron chi connectivity index (χ3n) is 3.96. The van der Waals surface area contributed by atoms with Gasteiger partial charge in [-0.25, -0.2) is 4.98 Å². The summed E-state index contributed by atoms with van der Waals surface area (Å²) >= 11 is 0. The third kappa shape index (κ3) is 3.22. The lowest BCUT2D eigenvalue weighted by atomic mass is 10.2. The zero-order valence-electron chi connectivity index (χ0n) is 13.7. The standard InChI is InChI=1S/C16H19N5O3/c1-11-3-4-12(14(22)18-11)15(23)20-7-9-21(10-8-20)16-17-6-5-13(19-16)24-2/h3-6H,7-10H2,1-2H3,(H,18,22). The van der Waals surface area contributed by atoms with Crippen LogP contribution in [0, 0.1) is 6.92 Å². The highest BCUT2D eigenvalue weighted by molar-refractivity contribution is 5.94. The summed E-state index contributed by atoms with van der Waals surface area (Å²) in [5.74, 6) is 0.835. The first kappa shape index (κ1) is 16.0. The van der Waals surface area contributed by atoms with E-state index in [1.807, 2.05) is 4.90 Å². The Hall–Kier alpha value is -2.90. The van der Waals surface area contributed by atoms with Crippen molar-refractivity contribution in [2.24, 2.45) is 0 Å². The highest BCUT2D eigenvalue weighted by atomic mass is 16.5. The second-order valence-electron chi connectivity index (χ2n) is 5.56. The van der Waals surface area contributed by atoms with Gasteiger partial charge in [-0.3, -0.25) is 9.59 Å². The molecule has 1 saturated heterocycles. The van der Waals surface area contributed by atoms with Crippen molar-refractivity contribution >= 4 is 11.9 Å². The number of nitrogens with zero attached hydrogens (tertiary/aromatic N) is 4. The number of aromatic nitrogens is 3. The van der Waals surface area contributed by atoms with Gasteiger partial charge < -0.3 is 19.5 Å². The topological polar surface area (TPSA) is 91.4 Å². The van der Waals surface area contributed by atoms with Crippen LogP contribution in [0.1, 0.15) is 16.1 Å². The van der Waals surface area contributed by atoms with Crippen molar-refractivity contribution in [3.8, 4) is 5.88 Å². The SMILES string of the molecule is COc1ccnc(N2CCN(C(=O)c3ccc(C)[nH]c3=O)CC2)n1. The molecule has 1 aliphatic rings. The molecule has 3 heterocycles. The Bertz CT molecular complexity index is 796. The number of piperazine rings is 1. The molecular weight excluding hydrogens is 310 g/mol. The maximum Gasteiger partial charge on any atom is 0.260 e. The molecule has 0 aromatic carbocycles. The van der Waals surface area contributed by atoms with Gasteiger partial charge in [0.25, 0.3) is 11.5 Å². The summed E-state index contributed by atoms with van der Waals surface area (Å²) in [5.41, 5.74) is 0.557. The number of carbonyl (C=O) groups is 1. The number of rotatable bonds is 3. The summed E-state index contributed by atoms with van der Waals surface area (Å²) in [5, 5.41) is 0. The van der Waals surface area contributed by atoms with Crippen LogP contribution >= 0.6 is 0 Å². The van der Waals surface area contributed by atoms with Crippen LogP contribution in [0.15, 0.2) is 29.2 Å². The molecule has 0 spiro atoms. The van der Waals surface area contributed by atoms with Crippen molar-refractivity contribution in [2.45, 2.75) is 6.92 Å². The zero-order chi connectivity index (χ0) is 17.1. The first-order chi connectivity index (χ1) is 11.6. The van der Waals surface area contributed by atoms with Crippen LogP contribution in [0.5, 0.6) is 5.88 Å². The van der Waals surface area contributed by atoms with Gasteiger partial charge in [-0.1, -0.05) is 0 Å². The molecule has 1 amide bonds. The van der Waals surface area contributed by atoms with Gasteiger partial charge in [-0.2, -0.15) is 4.98 Å². The molecule has 8 nitrogen and oxygen atoms in total. The molecule has 1 N–H and O–H groups in total. The van der Waals surface area contributed by atoms with E-state index in [4.69, 9.17) is 4.74 Å². The van der Waals surface area contributed by atoms with Crippen molar-refractivity contribution in [3.63, 3.8) is 0 Å². The fourth-order valence-corrected chi connectivity index (χ4v) is 2.62. The van der Waals surface area contributed by atoms with Gasteiger partial charge in [0.1, 0.15) is 5.56 Å². The number of nitrogens with one attached hydrogen (secondary N) is 1. The third-order valence-corrected chi connectivity index (χ3v) is 3.96. The summed E-state index contributed by atoms with van der Waals surface area (Å²) in [4.78, 5) is 39.3. The van der Waals surface area contributed by atoms with Gasteiger partial charge in [0, 0.05) is 44.1 Å². The lowest BCUT2D eigenvalue weighted by Gasteiger charge is -2.34. The van der Waals surface area contributed by atoms with Gasteiger partial charge in [0.05, 0.1) is 7.11 Å². The van der Waals surface area contributed by atoms with E-state index in [0.29, 0.717) is 38.0 Å². The number of hydrogen-bond acceptors (Lipinski definition) is 6. The Labute approximate surface area is 139 Å². The molecular formula is C16H19N5O3. The smallest absolute Gasteiger partial charge is 0.260 e. The lowest BCUT2D eigenvalue weighted by Crippen LogP contribution is -2.50. The van der Waals surface area contributed by atoms with Crippen molar-refractivity contribution < 1.29 is 9.53 Å².